The first-order chi connectivity index (χ1) is 13.3. The molecule has 6 nitrogen and oxygen atoms in total. The standard InChI is InChI=1S/C20H17ClN6/c21-15-5-3-4-14(12-15)19(16-6-1-2-11-22-16)23-17-9-10-18-24-25-20(13-7-8-13)27(18)26-17/h1-6,9-13,19H,7-8H2,(H,23,26). The van der Waals surface area contributed by atoms with Crippen LogP contribution < -0.4 is 5.32 Å². The zero-order valence-electron chi connectivity index (χ0n) is 14.5. The molecule has 1 N–H and O–H groups in total. The average Bonchev–Trinajstić information content (AvgIpc) is 3.46. The van der Waals surface area contributed by atoms with Crippen molar-refractivity contribution < 1.29 is 0 Å². The fourth-order valence-corrected chi connectivity index (χ4v) is 3.39. The van der Waals surface area contributed by atoms with Crippen LogP contribution in [0.2, 0.25) is 5.02 Å². The molecule has 3 aromatic heterocycles. The van der Waals surface area contributed by atoms with Crippen molar-refractivity contribution in [1.82, 2.24) is 24.8 Å². The van der Waals surface area contributed by atoms with Crippen LogP contribution in [0.25, 0.3) is 5.65 Å². The summed E-state index contributed by atoms with van der Waals surface area (Å²) in [6, 6.07) is 17.3. The molecule has 1 aliphatic carbocycles. The largest absolute Gasteiger partial charge is 0.356 e. The molecule has 1 unspecified atom stereocenters. The summed E-state index contributed by atoms with van der Waals surface area (Å²) in [5, 5.41) is 17.4. The highest BCUT2D eigenvalue weighted by molar-refractivity contribution is 6.30. The summed E-state index contributed by atoms with van der Waals surface area (Å²) in [6.45, 7) is 0. The van der Waals surface area contributed by atoms with Gasteiger partial charge in [0.05, 0.1) is 11.7 Å². The van der Waals surface area contributed by atoms with E-state index in [0.29, 0.717) is 10.9 Å². The summed E-state index contributed by atoms with van der Waals surface area (Å²) >= 11 is 6.22. The number of nitrogens with one attached hydrogen (secondary N) is 1. The number of anilines is 1. The van der Waals surface area contributed by atoms with Crippen molar-refractivity contribution in [2.24, 2.45) is 0 Å². The van der Waals surface area contributed by atoms with E-state index in [1.807, 2.05) is 59.1 Å². The molecular formula is C20H17ClN6. The first kappa shape index (κ1) is 16.2. The van der Waals surface area contributed by atoms with Gasteiger partial charge in [-0.25, -0.2) is 0 Å². The van der Waals surface area contributed by atoms with Crippen LogP contribution in [0.1, 0.15) is 41.9 Å². The molecule has 27 heavy (non-hydrogen) atoms. The Labute approximate surface area is 161 Å². The highest BCUT2D eigenvalue weighted by atomic mass is 35.5. The fraction of sp³-hybridized carbons (Fsp3) is 0.200. The second-order valence-corrected chi connectivity index (χ2v) is 7.14. The monoisotopic (exact) mass is 376 g/mol. The van der Waals surface area contributed by atoms with Gasteiger partial charge in [0.15, 0.2) is 11.5 Å². The van der Waals surface area contributed by atoms with Crippen molar-refractivity contribution >= 4 is 23.1 Å². The quantitative estimate of drug-likeness (QED) is 0.564. The molecule has 134 valence electrons. The first-order valence-corrected chi connectivity index (χ1v) is 9.31. The van der Waals surface area contributed by atoms with Gasteiger partial charge >= 0.3 is 0 Å². The highest BCUT2D eigenvalue weighted by Gasteiger charge is 2.29. The Morgan fingerprint density at radius 3 is 2.74 bits per heavy atom. The maximum absolute atomic E-state index is 6.22. The van der Waals surface area contributed by atoms with Gasteiger partial charge in [0, 0.05) is 17.1 Å². The van der Waals surface area contributed by atoms with Crippen LogP contribution in [0.15, 0.2) is 60.8 Å². The molecular weight excluding hydrogens is 360 g/mol. The SMILES string of the molecule is Clc1cccc(C(Nc2ccc3nnc(C4CC4)n3n2)c2ccccn2)c1. The summed E-state index contributed by atoms with van der Waals surface area (Å²) in [7, 11) is 0. The summed E-state index contributed by atoms with van der Waals surface area (Å²) < 4.78 is 1.84. The summed E-state index contributed by atoms with van der Waals surface area (Å²) in [5.41, 5.74) is 2.68. The number of fused-ring (bicyclic) bond motifs is 1. The van der Waals surface area contributed by atoms with E-state index in [1.54, 1.807) is 6.20 Å². The topological polar surface area (TPSA) is 68.0 Å². The van der Waals surface area contributed by atoms with Gasteiger partial charge in [0.25, 0.3) is 0 Å². The van der Waals surface area contributed by atoms with E-state index in [2.05, 4.69) is 20.5 Å². The van der Waals surface area contributed by atoms with Gasteiger partial charge in [-0.1, -0.05) is 29.8 Å². The summed E-state index contributed by atoms with van der Waals surface area (Å²) in [5.74, 6) is 2.15. The molecule has 1 aromatic carbocycles. The molecule has 1 atom stereocenters. The van der Waals surface area contributed by atoms with Crippen LogP contribution in [0, 0.1) is 0 Å². The number of hydrogen-bond acceptors (Lipinski definition) is 5. The van der Waals surface area contributed by atoms with Gasteiger partial charge in [-0.2, -0.15) is 4.52 Å². The summed E-state index contributed by atoms with van der Waals surface area (Å²) in [6.07, 6.45) is 4.09. The van der Waals surface area contributed by atoms with Gasteiger partial charge in [0.1, 0.15) is 5.82 Å². The van der Waals surface area contributed by atoms with Crippen molar-refractivity contribution in [3.63, 3.8) is 0 Å². The number of benzene rings is 1. The third-order valence-corrected chi connectivity index (χ3v) is 4.92. The Kier molecular flexibility index (Phi) is 3.98. The van der Waals surface area contributed by atoms with E-state index in [9.17, 15) is 0 Å². The minimum Gasteiger partial charge on any atom is -0.356 e. The van der Waals surface area contributed by atoms with Crippen LogP contribution >= 0.6 is 11.6 Å². The lowest BCUT2D eigenvalue weighted by Gasteiger charge is -2.19. The third-order valence-electron chi connectivity index (χ3n) is 4.69. The van der Waals surface area contributed by atoms with Gasteiger partial charge in [-0.15, -0.1) is 15.3 Å². The Morgan fingerprint density at radius 1 is 1.04 bits per heavy atom. The molecule has 7 heteroatoms. The number of hydrogen-bond donors (Lipinski definition) is 1. The first-order valence-electron chi connectivity index (χ1n) is 8.93. The lowest BCUT2D eigenvalue weighted by atomic mass is 10.0. The third kappa shape index (κ3) is 3.24. The van der Waals surface area contributed by atoms with Gasteiger partial charge in [-0.05, 0) is 54.8 Å². The Balaban J connectivity index is 1.55. The normalized spacial score (nSPS) is 15.0. The molecule has 0 radical (unpaired) electrons. The second-order valence-electron chi connectivity index (χ2n) is 6.71. The van der Waals surface area contributed by atoms with Crippen molar-refractivity contribution in [3.05, 3.63) is 82.9 Å². The van der Waals surface area contributed by atoms with Crippen molar-refractivity contribution in [3.8, 4) is 0 Å². The predicted molar refractivity (Wildman–Crippen MR) is 104 cm³/mol. The number of rotatable bonds is 5. The van der Waals surface area contributed by atoms with Crippen molar-refractivity contribution in [2.45, 2.75) is 24.8 Å². The summed E-state index contributed by atoms with van der Waals surface area (Å²) in [4.78, 5) is 4.52. The number of halogens is 1. The molecule has 0 saturated heterocycles. The van der Waals surface area contributed by atoms with E-state index < -0.39 is 0 Å². The van der Waals surface area contributed by atoms with Crippen molar-refractivity contribution in [1.29, 1.82) is 0 Å². The molecule has 1 saturated carbocycles. The van der Waals surface area contributed by atoms with Crippen LogP contribution in [0.4, 0.5) is 5.82 Å². The lowest BCUT2D eigenvalue weighted by molar-refractivity contribution is 0.801. The van der Waals surface area contributed by atoms with E-state index in [1.165, 1.54) is 0 Å². The van der Waals surface area contributed by atoms with Gasteiger partial charge in [-0.3, -0.25) is 4.98 Å². The number of aromatic nitrogens is 5. The molecule has 4 aromatic rings. The minimum absolute atomic E-state index is 0.171. The molecule has 3 heterocycles. The molecule has 5 rings (SSSR count). The van der Waals surface area contributed by atoms with E-state index in [4.69, 9.17) is 16.7 Å². The van der Waals surface area contributed by atoms with Gasteiger partial charge < -0.3 is 5.32 Å². The zero-order valence-corrected chi connectivity index (χ0v) is 15.2. The Morgan fingerprint density at radius 2 is 1.96 bits per heavy atom. The molecule has 0 bridgehead atoms. The molecule has 1 aliphatic rings. The van der Waals surface area contributed by atoms with Crippen molar-refractivity contribution in [2.75, 3.05) is 5.32 Å². The fourth-order valence-electron chi connectivity index (χ4n) is 3.19. The number of pyridine rings is 1. The Bertz CT molecular complexity index is 1090. The maximum Gasteiger partial charge on any atom is 0.178 e. The molecule has 1 fully saturated rings. The van der Waals surface area contributed by atoms with Crippen LogP contribution in [-0.2, 0) is 0 Å². The van der Waals surface area contributed by atoms with E-state index in [-0.39, 0.29) is 6.04 Å². The molecule has 0 amide bonds. The predicted octanol–water partition coefficient (Wildman–Crippen LogP) is 4.25. The zero-order chi connectivity index (χ0) is 18.2. The molecule has 0 spiro atoms. The minimum atomic E-state index is -0.171. The Hall–Kier alpha value is -2.99. The van der Waals surface area contributed by atoms with Crippen LogP contribution in [-0.4, -0.2) is 24.8 Å². The lowest BCUT2D eigenvalue weighted by Crippen LogP contribution is -2.15. The smallest absolute Gasteiger partial charge is 0.178 e. The van der Waals surface area contributed by atoms with E-state index in [0.717, 1.165) is 41.4 Å². The van der Waals surface area contributed by atoms with Gasteiger partial charge in [0.2, 0.25) is 0 Å². The van der Waals surface area contributed by atoms with Crippen LogP contribution in [0.3, 0.4) is 0 Å². The highest BCUT2D eigenvalue weighted by Crippen LogP contribution is 2.38. The molecule has 0 aliphatic heterocycles. The second kappa shape index (κ2) is 6.63. The maximum atomic E-state index is 6.22. The average molecular weight is 377 g/mol. The number of nitrogens with zero attached hydrogens (tertiary/aromatic N) is 5. The van der Waals surface area contributed by atoms with Crippen LogP contribution in [0.5, 0.6) is 0 Å². The van der Waals surface area contributed by atoms with E-state index >= 15 is 0 Å².